The van der Waals surface area contributed by atoms with Crippen LogP contribution in [0.15, 0.2) is 31.4 Å². The zero-order valence-electron chi connectivity index (χ0n) is 11.7. The van der Waals surface area contributed by atoms with Gasteiger partial charge in [0.25, 0.3) is 5.56 Å². The summed E-state index contributed by atoms with van der Waals surface area (Å²) in [7, 11) is 0. The predicted octanol–water partition coefficient (Wildman–Crippen LogP) is 4.28. The Balaban J connectivity index is 1.97. The molecule has 0 atom stereocenters. The smallest absolute Gasteiger partial charge is 0.283 e. The third kappa shape index (κ3) is 4.66. The number of hydrogen-bond donors (Lipinski definition) is 1. The van der Waals surface area contributed by atoms with E-state index in [2.05, 4.69) is 55.3 Å². The number of anilines is 1. The number of aromatic nitrogens is 2. The highest BCUT2D eigenvalue weighted by atomic mass is 79.9. The molecule has 114 valence electrons. The molecule has 0 aromatic carbocycles. The van der Waals surface area contributed by atoms with Crippen LogP contribution in [0.2, 0.25) is 0 Å². The van der Waals surface area contributed by atoms with E-state index in [4.69, 9.17) is 0 Å². The number of halogens is 2. The largest absolute Gasteiger partial charge is 0.382 e. The molecule has 1 N–H and O–H groups in total. The van der Waals surface area contributed by atoms with E-state index in [0.29, 0.717) is 11.0 Å². The Morgan fingerprint density at radius 2 is 2.19 bits per heavy atom. The lowest BCUT2D eigenvalue weighted by Crippen LogP contribution is -2.24. The van der Waals surface area contributed by atoms with Crippen LogP contribution in [0.1, 0.15) is 24.6 Å². The minimum atomic E-state index is -0.0766. The van der Waals surface area contributed by atoms with Gasteiger partial charge in [-0.05, 0) is 56.8 Å². The van der Waals surface area contributed by atoms with Crippen LogP contribution >= 0.6 is 43.2 Å². The van der Waals surface area contributed by atoms with Gasteiger partial charge in [-0.3, -0.25) is 4.79 Å². The predicted molar refractivity (Wildman–Crippen MR) is 95.3 cm³/mol. The molecule has 0 radical (unpaired) electrons. The number of thiophene rings is 1. The number of nitrogens with zero attached hydrogens (tertiary/aromatic N) is 2. The molecule has 7 heteroatoms. The van der Waals surface area contributed by atoms with E-state index in [0.717, 1.165) is 35.3 Å². The van der Waals surface area contributed by atoms with Gasteiger partial charge in [-0.15, -0.1) is 11.3 Å². The van der Waals surface area contributed by atoms with Gasteiger partial charge in [0.05, 0.1) is 15.7 Å². The van der Waals surface area contributed by atoms with Crippen molar-refractivity contribution >= 4 is 48.9 Å². The van der Waals surface area contributed by atoms with Gasteiger partial charge in [0.2, 0.25) is 0 Å². The molecule has 0 aliphatic rings. The molecule has 2 aromatic heterocycles. The molecule has 2 aromatic rings. The maximum absolute atomic E-state index is 12.1. The third-order valence-corrected chi connectivity index (χ3v) is 5.47. The number of nitrogens with one attached hydrogen (secondary N) is 1. The summed E-state index contributed by atoms with van der Waals surface area (Å²) >= 11 is 8.55. The molecular weight excluding hydrogens is 418 g/mol. The summed E-state index contributed by atoms with van der Waals surface area (Å²) in [4.78, 5) is 13.4. The monoisotopic (exact) mass is 433 g/mol. The third-order valence-electron chi connectivity index (χ3n) is 3.02. The van der Waals surface area contributed by atoms with Gasteiger partial charge in [0, 0.05) is 18.0 Å². The van der Waals surface area contributed by atoms with E-state index in [-0.39, 0.29) is 5.56 Å². The van der Waals surface area contributed by atoms with Crippen molar-refractivity contribution in [2.75, 3.05) is 11.9 Å². The van der Waals surface area contributed by atoms with Gasteiger partial charge in [0.1, 0.15) is 4.47 Å². The van der Waals surface area contributed by atoms with Crippen molar-refractivity contribution in [3.05, 3.63) is 41.8 Å². The fourth-order valence-electron chi connectivity index (χ4n) is 1.86. The second kappa shape index (κ2) is 8.10. The molecule has 0 fully saturated rings. The number of rotatable bonds is 7. The van der Waals surface area contributed by atoms with Crippen LogP contribution in [0.5, 0.6) is 0 Å². The molecule has 0 spiro atoms. The first-order valence-corrected chi connectivity index (χ1v) is 9.25. The highest BCUT2D eigenvalue weighted by Gasteiger charge is 2.08. The molecule has 0 amide bonds. The maximum Gasteiger partial charge on any atom is 0.283 e. The molecule has 4 nitrogen and oxygen atoms in total. The summed E-state index contributed by atoms with van der Waals surface area (Å²) in [6.45, 7) is 3.53. The summed E-state index contributed by atoms with van der Waals surface area (Å²) in [5.74, 6) is 0. The Morgan fingerprint density at radius 1 is 1.38 bits per heavy atom. The Hall–Kier alpha value is -0.660. The van der Waals surface area contributed by atoms with Gasteiger partial charge in [-0.1, -0.05) is 13.3 Å². The average Bonchev–Trinajstić information content (AvgIpc) is 2.88. The second-order valence-electron chi connectivity index (χ2n) is 4.64. The molecule has 0 saturated carbocycles. The van der Waals surface area contributed by atoms with E-state index in [1.54, 1.807) is 17.5 Å². The summed E-state index contributed by atoms with van der Waals surface area (Å²) < 4.78 is 3.20. The normalized spacial score (nSPS) is 10.8. The van der Waals surface area contributed by atoms with Crippen LogP contribution in [0, 0.1) is 0 Å². The number of hydrogen-bond acceptors (Lipinski definition) is 4. The lowest BCUT2D eigenvalue weighted by atomic mass is 10.3. The fraction of sp³-hybridized carbons (Fsp3) is 0.429. The van der Waals surface area contributed by atoms with Crippen LogP contribution in [-0.2, 0) is 13.0 Å². The van der Waals surface area contributed by atoms with Crippen molar-refractivity contribution in [2.45, 2.75) is 32.7 Å². The molecule has 0 aliphatic heterocycles. The van der Waals surface area contributed by atoms with Crippen molar-refractivity contribution in [3.63, 3.8) is 0 Å². The Labute approximate surface area is 144 Å². The van der Waals surface area contributed by atoms with E-state index >= 15 is 0 Å². The molecule has 0 unspecified atom stereocenters. The summed E-state index contributed by atoms with van der Waals surface area (Å²) in [5.41, 5.74) is 0.677. The molecule has 0 saturated heterocycles. The van der Waals surface area contributed by atoms with Crippen molar-refractivity contribution in [2.24, 2.45) is 0 Å². The van der Waals surface area contributed by atoms with Gasteiger partial charge in [-0.2, -0.15) is 5.10 Å². The topological polar surface area (TPSA) is 46.9 Å². The zero-order chi connectivity index (χ0) is 15.2. The molecule has 2 heterocycles. The van der Waals surface area contributed by atoms with Crippen molar-refractivity contribution in [1.82, 2.24) is 9.78 Å². The minimum absolute atomic E-state index is 0.0766. The lowest BCUT2D eigenvalue weighted by molar-refractivity contribution is 0.541. The Kier molecular flexibility index (Phi) is 6.44. The van der Waals surface area contributed by atoms with E-state index < -0.39 is 0 Å². The highest BCUT2D eigenvalue weighted by molar-refractivity contribution is 9.11. The van der Waals surface area contributed by atoms with Crippen molar-refractivity contribution in [1.29, 1.82) is 0 Å². The minimum Gasteiger partial charge on any atom is -0.382 e. The lowest BCUT2D eigenvalue weighted by Gasteiger charge is -2.09. The van der Waals surface area contributed by atoms with Gasteiger partial charge in [0.15, 0.2) is 0 Å². The molecule has 0 bridgehead atoms. The molecule has 0 aliphatic carbocycles. The van der Waals surface area contributed by atoms with Crippen LogP contribution in [0.25, 0.3) is 0 Å². The maximum atomic E-state index is 12.1. The first kappa shape index (κ1) is 16.7. The first-order valence-electron chi connectivity index (χ1n) is 6.85. The molecular formula is C14H17Br2N3OS. The Bertz CT molecular complexity index is 654. The molecule has 2 rings (SSSR count). The SMILES string of the molecule is CCCCn1ncc(NCCc2ccc(Br)s2)c(Br)c1=O. The van der Waals surface area contributed by atoms with Gasteiger partial charge >= 0.3 is 0 Å². The van der Waals surface area contributed by atoms with Crippen LogP contribution in [0.3, 0.4) is 0 Å². The summed E-state index contributed by atoms with van der Waals surface area (Å²) in [5, 5.41) is 7.48. The highest BCUT2D eigenvalue weighted by Crippen LogP contribution is 2.23. The standard InChI is InChI=1S/C14H17Br2N3OS/c1-2-3-8-19-14(20)13(16)11(9-18-19)17-7-6-10-4-5-12(15)21-10/h4-5,9,17H,2-3,6-8H2,1H3. The Morgan fingerprint density at radius 3 is 2.86 bits per heavy atom. The van der Waals surface area contributed by atoms with Crippen molar-refractivity contribution in [3.8, 4) is 0 Å². The van der Waals surface area contributed by atoms with Crippen LogP contribution in [0.4, 0.5) is 5.69 Å². The van der Waals surface area contributed by atoms with E-state index in [9.17, 15) is 4.79 Å². The first-order chi connectivity index (χ1) is 10.1. The summed E-state index contributed by atoms with van der Waals surface area (Å²) in [6.07, 6.45) is 4.63. The fourth-order valence-corrected chi connectivity index (χ4v) is 3.79. The average molecular weight is 435 g/mol. The van der Waals surface area contributed by atoms with Crippen LogP contribution in [-0.4, -0.2) is 16.3 Å². The summed E-state index contributed by atoms with van der Waals surface area (Å²) in [6, 6.07) is 4.15. The van der Waals surface area contributed by atoms with Crippen LogP contribution < -0.4 is 10.9 Å². The van der Waals surface area contributed by atoms with Gasteiger partial charge < -0.3 is 5.32 Å². The van der Waals surface area contributed by atoms with Crippen molar-refractivity contribution < 1.29 is 0 Å². The van der Waals surface area contributed by atoms with Gasteiger partial charge in [-0.25, -0.2) is 4.68 Å². The number of unbranched alkanes of at least 4 members (excludes halogenated alkanes) is 1. The zero-order valence-corrected chi connectivity index (χ0v) is 15.7. The number of aryl methyl sites for hydroxylation is 1. The molecule has 21 heavy (non-hydrogen) atoms. The van der Waals surface area contributed by atoms with E-state index in [1.807, 2.05) is 6.07 Å². The second-order valence-corrected chi connectivity index (χ2v) is 7.98. The quantitative estimate of drug-likeness (QED) is 0.707. The van der Waals surface area contributed by atoms with E-state index in [1.165, 1.54) is 9.56 Å².